The molecule has 0 fully saturated rings. The van der Waals surface area contributed by atoms with Crippen molar-refractivity contribution in [2.75, 3.05) is 6.54 Å². The van der Waals surface area contributed by atoms with Gasteiger partial charge in [-0.1, -0.05) is 6.92 Å². The number of hydrogen-bond donors (Lipinski definition) is 2. The van der Waals surface area contributed by atoms with E-state index < -0.39 is 5.60 Å². The minimum absolute atomic E-state index is 0. The van der Waals surface area contributed by atoms with Crippen LogP contribution in [0.4, 0.5) is 0 Å². The van der Waals surface area contributed by atoms with Gasteiger partial charge < -0.3 is 4.74 Å². The maximum atomic E-state index is 11.4. The third-order valence-electron chi connectivity index (χ3n) is 1.53. The number of nitrogens with two attached hydrogens (primary N) is 1. The molecule has 86 valence electrons. The van der Waals surface area contributed by atoms with E-state index in [0.29, 0.717) is 13.0 Å². The van der Waals surface area contributed by atoms with Crippen LogP contribution in [0.15, 0.2) is 0 Å². The summed E-state index contributed by atoms with van der Waals surface area (Å²) in [4.78, 5) is 11.4. The third kappa shape index (κ3) is 8.29. The van der Waals surface area contributed by atoms with Gasteiger partial charge in [-0.05, 0) is 27.2 Å². The van der Waals surface area contributed by atoms with Gasteiger partial charge in [0.05, 0.1) is 5.92 Å². The Kier molecular flexibility index (Phi) is 8.10. The van der Waals surface area contributed by atoms with Crippen LogP contribution in [0.2, 0.25) is 0 Å². The summed E-state index contributed by atoms with van der Waals surface area (Å²) >= 11 is 0. The van der Waals surface area contributed by atoms with Gasteiger partial charge in [-0.2, -0.15) is 0 Å². The summed E-state index contributed by atoms with van der Waals surface area (Å²) in [6, 6.07) is 0. The van der Waals surface area contributed by atoms with E-state index in [1.54, 1.807) is 0 Å². The number of esters is 1. The molecule has 0 aliphatic carbocycles. The highest BCUT2D eigenvalue weighted by atomic mass is 35.5. The average Bonchev–Trinajstić information content (AvgIpc) is 1.96. The number of halogens is 1. The van der Waals surface area contributed by atoms with Crippen molar-refractivity contribution < 1.29 is 9.53 Å². The molecule has 0 amide bonds. The summed E-state index contributed by atoms with van der Waals surface area (Å²) < 4.78 is 5.19. The summed E-state index contributed by atoms with van der Waals surface area (Å²) in [5, 5.41) is 0. The first kappa shape index (κ1) is 16.1. The fourth-order valence-corrected chi connectivity index (χ4v) is 0.820. The molecule has 3 N–H and O–H groups in total. The lowest BCUT2D eigenvalue weighted by atomic mass is 10.1. The van der Waals surface area contributed by atoms with Crippen molar-refractivity contribution in [3.05, 3.63) is 0 Å². The Morgan fingerprint density at radius 3 is 2.36 bits per heavy atom. The number of hydrogen-bond acceptors (Lipinski definition) is 4. The molecule has 0 radical (unpaired) electrons. The summed E-state index contributed by atoms with van der Waals surface area (Å²) in [5.74, 6) is 4.84. The largest absolute Gasteiger partial charge is 0.460 e. The lowest BCUT2D eigenvalue weighted by Crippen LogP contribution is -2.30. The fraction of sp³-hybridized carbons (Fsp3) is 0.889. The Labute approximate surface area is 91.9 Å². The van der Waals surface area contributed by atoms with E-state index in [2.05, 4.69) is 5.43 Å². The summed E-state index contributed by atoms with van der Waals surface area (Å²) in [7, 11) is 0. The van der Waals surface area contributed by atoms with Crippen LogP contribution in [-0.2, 0) is 9.53 Å². The first-order valence-electron chi connectivity index (χ1n) is 4.53. The van der Waals surface area contributed by atoms with E-state index >= 15 is 0 Å². The molecule has 0 aromatic rings. The molecule has 0 spiro atoms. The normalized spacial score (nSPS) is 12.9. The zero-order valence-electron chi connectivity index (χ0n) is 9.29. The van der Waals surface area contributed by atoms with Gasteiger partial charge in [-0.15, -0.1) is 12.4 Å². The van der Waals surface area contributed by atoms with Gasteiger partial charge in [0, 0.05) is 6.54 Å². The number of carbonyl (C=O) groups is 1. The Morgan fingerprint density at radius 1 is 1.50 bits per heavy atom. The number of carbonyl (C=O) groups excluding carboxylic acids is 1. The van der Waals surface area contributed by atoms with Crippen molar-refractivity contribution in [2.24, 2.45) is 11.8 Å². The van der Waals surface area contributed by atoms with Crippen LogP contribution >= 0.6 is 12.4 Å². The number of hydrazine groups is 1. The molecule has 0 saturated heterocycles. The summed E-state index contributed by atoms with van der Waals surface area (Å²) in [6.07, 6.45) is 0.700. The van der Waals surface area contributed by atoms with Crippen molar-refractivity contribution >= 4 is 18.4 Å². The molecule has 4 nitrogen and oxygen atoms in total. The first-order chi connectivity index (χ1) is 5.87. The van der Waals surface area contributed by atoms with Crippen LogP contribution in [0.25, 0.3) is 0 Å². The van der Waals surface area contributed by atoms with E-state index in [9.17, 15) is 4.79 Å². The molecule has 0 aliphatic rings. The van der Waals surface area contributed by atoms with Crippen LogP contribution in [-0.4, -0.2) is 18.1 Å². The minimum atomic E-state index is -0.401. The minimum Gasteiger partial charge on any atom is -0.460 e. The summed E-state index contributed by atoms with van der Waals surface area (Å²) in [6.45, 7) is 8.04. The predicted molar refractivity (Wildman–Crippen MR) is 59.1 cm³/mol. The maximum Gasteiger partial charge on any atom is 0.309 e. The van der Waals surface area contributed by atoms with Crippen molar-refractivity contribution in [1.82, 2.24) is 5.43 Å². The van der Waals surface area contributed by atoms with Crippen LogP contribution in [0, 0.1) is 5.92 Å². The fourth-order valence-electron chi connectivity index (χ4n) is 0.820. The molecule has 0 aromatic heterocycles. The smallest absolute Gasteiger partial charge is 0.309 e. The maximum absolute atomic E-state index is 11.4. The van der Waals surface area contributed by atoms with Gasteiger partial charge in [0.2, 0.25) is 0 Å². The molecule has 0 rings (SSSR count). The van der Waals surface area contributed by atoms with Gasteiger partial charge in [0.1, 0.15) is 5.60 Å². The average molecular weight is 225 g/mol. The highest BCUT2D eigenvalue weighted by Gasteiger charge is 2.20. The molecule has 1 atom stereocenters. The lowest BCUT2D eigenvalue weighted by Gasteiger charge is -2.22. The molecule has 0 heterocycles. The Hall–Kier alpha value is -0.320. The van der Waals surface area contributed by atoms with Gasteiger partial charge in [-0.3, -0.25) is 16.1 Å². The van der Waals surface area contributed by atoms with Crippen LogP contribution in [0.5, 0.6) is 0 Å². The van der Waals surface area contributed by atoms with E-state index in [1.807, 2.05) is 27.7 Å². The van der Waals surface area contributed by atoms with E-state index in [1.165, 1.54) is 0 Å². The lowest BCUT2D eigenvalue weighted by molar-refractivity contribution is -0.159. The predicted octanol–water partition coefficient (Wildman–Crippen LogP) is 1.24. The Balaban J connectivity index is 0. The summed E-state index contributed by atoms with van der Waals surface area (Å²) in [5.41, 5.74) is 2.11. The van der Waals surface area contributed by atoms with Gasteiger partial charge in [0.25, 0.3) is 0 Å². The van der Waals surface area contributed by atoms with Crippen LogP contribution in [0.1, 0.15) is 34.1 Å². The zero-order valence-corrected chi connectivity index (χ0v) is 10.1. The van der Waals surface area contributed by atoms with Crippen molar-refractivity contribution in [1.29, 1.82) is 0 Å². The number of nitrogens with one attached hydrogen (secondary N) is 1. The molecule has 0 aliphatic heterocycles. The molecular weight excluding hydrogens is 204 g/mol. The third-order valence-corrected chi connectivity index (χ3v) is 1.53. The van der Waals surface area contributed by atoms with Crippen LogP contribution in [0.3, 0.4) is 0 Å². The van der Waals surface area contributed by atoms with Crippen molar-refractivity contribution in [2.45, 2.75) is 39.7 Å². The molecule has 5 heteroatoms. The SMILES string of the molecule is CC(CCNN)C(=O)OC(C)(C)C.Cl. The molecule has 0 saturated carbocycles. The van der Waals surface area contributed by atoms with Gasteiger partial charge in [-0.25, -0.2) is 0 Å². The van der Waals surface area contributed by atoms with Gasteiger partial charge >= 0.3 is 5.97 Å². The Morgan fingerprint density at radius 2 is 2.00 bits per heavy atom. The van der Waals surface area contributed by atoms with Crippen LogP contribution < -0.4 is 11.3 Å². The topological polar surface area (TPSA) is 64.3 Å². The van der Waals surface area contributed by atoms with Crippen molar-refractivity contribution in [3.63, 3.8) is 0 Å². The highest BCUT2D eigenvalue weighted by molar-refractivity contribution is 5.85. The standard InChI is InChI=1S/C9H20N2O2.ClH/c1-7(5-6-11-10)8(12)13-9(2,3)4;/h7,11H,5-6,10H2,1-4H3;1H. The number of rotatable bonds is 4. The second kappa shape index (κ2) is 7.04. The van der Waals surface area contributed by atoms with Crippen molar-refractivity contribution in [3.8, 4) is 0 Å². The molecule has 0 bridgehead atoms. The van der Waals surface area contributed by atoms with E-state index in [-0.39, 0.29) is 24.3 Å². The molecule has 0 aromatic carbocycles. The van der Waals surface area contributed by atoms with Gasteiger partial charge in [0.15, 0.2) is 0 Å². The monoisotopic (exact) mass is 224 g/mol. The first-order valence-corrected chi connectivity index (χ1v) is 4.53. The number of ether oxygens (including phenoxy) is 1. The zero-order chi connectivity index (χ0) is 10.5. The quantitative estimate of drug-likeness (QED) is 0.429. The molecule has 1 unspecified atom stereocenters. The van der Waals surface area contributed by atoms with E-state index in [4.69, 9.17) is 10.6 Å². The second-order valence-electron chi connectivity index (χ2n) is 4.18. The molecular formula is C9H21ClN2O2. The van der Waals surface area contributed by atoms with E-state index in [0.717, 1.165) is 0 Å². The highest BCUT2D eigenvalue weighted by Crippen LogP contribution is 2.12. The Bertz CT molecular complexity index is 169. The second-order valence-corrected chi connectivity index (χ2v) is 4.18. The molecule has 14 heavy (non-hydrogen) atoms.